The van der Waals surface area contributed by atoms with Crippen LogP contribution in [0.1, 0.15) is 19.8 Å². The number of nitrogens with one attached hydrogen (secondary N) is 1. The van der Waals surface area contributed by atoms with E-state index in [9.17, 15) is 9.90 Å². The number of aliphatic hydroxyl groups excluding tert-OH is 1. The average molecular weight is 201 g/mol. The third-order valence-electron chi connectivity index (χ3n) is 2.84. The molecule has 0 aromatic heterocycles. The molecule has 0 aromatic rings. The van der Waals surface area contributed by atoms with E-state index in [0.29, 0.717) is 12.3 Å². The highest BCUT2D eigenvalue weighted by Crippen LogP contribution is 2.22. The van der Waals surface area contributed by atoms with Gasteiger partial charge in [0.25, 0.3) is 0 Å². The Hall–Kier alpha value is -0.610. The van der Waals surface area contributed by atoms with E-state index in [1.54, 1.807) is 6.92 Å². The Morgan fingerprint density at radius 1 is 1.64 bits per heavy atom. The van der Waals surface area contributed by atoms with Crippen molar-refractivity contribution >= 4 is 5.97 Å². The van der Waals surface area contributed by atoms with Crippen LogP contribution in [0.3, 0.4) is 0 Å². The molecule has 1 aliphatic rings. The standard InChI is InChI=1S/C10H19NO3/c1-7(12)9-3-8(5-11-6-9)4-10(13)14-2/h7-9,11-12H,3-6H2,1-2H3. The molecule has 0 bridgehead atoms. The van der Waals surface area contributed by atoms with Crippen molar-refractivity contribution in [1.82, 2.24) is 5.32 Å². The zero-order valence-corrected chi connectivity index (χ0v) is 8.82. The maximum absolute atomic E-state index is 11.0. The highest BCUT2D eigenvalue weighted by Gasteiger charge is 2.26. The number of hydrogen-bond donors (Lipinski definition) is 2. The average Bonchev–Trinajstić information content (AvgIpc) is 2.18. The molecule has 0 aliphatic carbocycles. The molecule has 1 fully saturated rings. The van der Waals surface area contributed by atoms with Gasteiger partial charge in [-0.2, -0.15) is 0 Å². The van der Waals surface area contributed by atoms with Gasteiger partial charge in [0.1, 0.15) is 0 Å². The molecule has 3 unspecified atom stereocenters. The molecule has 3 atom stereocenters. The summed E-state index contributed by atoms with van der Waals surface area (Å²) in [5.41, 5.74) is 0. The summed E-state index contributed by atoms with van der Waals surface area (Å²) in [6.07, 6.45) is 1.05. The lowest BCUT2D eigenvalue weighted by molar-refractivity contribution is -0.142. The smallest absolute Gasteiger partial charge is 0.305 e. The largest absolute Gasteiger partial charge is 0.469 e. The lowest BCUT2D eigenvalue weighted by Gasteiger charge is -2.31. The molecular formula is C10H19NO3. The first-order valence-corrected chi connectivity index (χ1v) is 5.09. The molecule has 82 valence electrons. The van der Waals surface area contributed by atoms with E-state index in [4.69, 9.17) is 0 Å². The maximum atomic E-state index is 11.0. The van der Waals surface area contributed by atoms with Gasteiger partial charge < -0.3 is 15.2 Å². The fourth-order valence-corrected chi connectivity index (χ4v) is 1.91. The topological polar surface area (TPSA) is 58.6 Å². The fraction of sp³-hybridized carbons (Fsp3) is 0.900. The van der Waals surface area contributed by atoms with Gasteiger partial charge >= 0.3 is 5.97 Å². The first-order valence-electron chi connectivity index (χ1n) is 5.09. The Morgan fingerprint density at radius 2 is 2.36 bits per heavy atom. The molecule has 2 N–H and O–H groups in total. The van der Waals surface area contributed by atoms with Gasteiger partial charge in [-0.25, -0.2) is 0 Å². The Labute approximate surface area is 84.6 Å². The van der Waals surface area contributed by atoms with Crippen LogP contribution in [-0.2, 0) is 9.53 Å². The first kappa shape index (κ1) is 11.5. The van der Waals surface area contributed by atoms with Crippen LogP contribution in [0.2, 0.25) is 0 Å². The lowest BCUT2D eigenvalue weighted by Crippen LogP contribution is -2.41. The lowest BCUT2D eigenvalue weighted by atomic mass is 9.85. The summed E-state index contributed by atoms with van der Waals surface area (Å²) in [7, 11) is 1.41. The normalized spacial score (nSPS) is 29.6. The first-order chi connectivity index (χ1) is 6.63. The monoisotopic (exact) mass is 201 g/mol. The van der Waals surface area contributed by atoms with Crippen molar-refractivity contribution in [2.75, 3.05) is 20.2 Å². The fourth-order valence-electron chi connectivity index (χ4n) is 1.91. The predicted molar refractivity (Wildman–Crippen MR) is 52.8 cm³/mol. The van der Waals surface area contributed by atoms with Gasteiger partial charge in [0, 0.05) is 13.0 Å². The molecular weight excluding hydrogens is 182 g/mol. The number of rotatable bonds is 3. The summed E-state index contributed by atoms with van der Waals surface area (Å²) in [5, 5.41) is 12.7. The van der Waals surface area contributed by atoms with Crippen LogP contribution in [-0.4, -0.2) is 37.4 Å². The van der Waals surface area contributed by atoms with E-state index < -0.39 is 0 Å². The molecule has 1 aliphatic heterocycles. The van der Waals surface area contributed by atoms with Crippen LogP contribution in [0.25, 0.3) is 0 Å². The quantitative estimate of drug-likeness (QED) is 0.638. The Kier molecular flexibility index (Phi) is 4.35. The van der Waals surface area contributed by atoms with E-state index in [1.165, 1.54) is 7.11 Å². The third kappa shape index (κ3) is 3.27. The number of esters is 1. The van der Waals surface area contributed by atoms with Crippen molar-refractivity contribution in [3.63, 3.8) is 0 Å². The number of carbonyl (C=O) groups is 1. The van der Waals surface area contributed by atoms with Gasteiger partial charge in [0.15, 0.2) is 0 Å². The van der Waals surface area contributed by atoms with Crippen molar-refractivity contribution in [2.24, 2.45) is 11.8 Å². The number of methoxy groups -OCH3 is 1. The Balaban J connectivity index is 2.36. The van der Waals surface area contributed by atoms with Crippen LogP contribution in [0.4, 0.5) is 0 Å². The molecule has 1 heterocycles. The molecule has 14 heavy (non-hydrogen) atoms. The van der Waals surface area contributed by atoms with Crippen LogP contribution in [0.5, 0.6) is 0 Å². The van der Waals surface area contributed by atoms with E-state index in [2.05, 4.69) is 10.1 Å². The van der Waals surface area contributed by atoms with Crippen LogP contribution in [0.15, 0.2) is 0 Å². The second-order valence-corrected chi connectivity index (χ2v) is 4.04. The molecule has 0 spiro atoms. The second-order valence-electron chi connectivity index (χ2n) is 4.04. The highest BCUT2D eigenvalue weighted by atomic mass is 16.5. The third-order valence-corrected chi connectivity index (χ3v) is 2.84. The summed E-state index contributed by atoms with van der Waals surface area (Å²) < 4.78 is 4.62. The SMILES string of the molecule is COC(=O)CC1CNCC(C(C)O)C1. The molecule has 0 aromatic carbocycles. The van der Waals surface area contributed by atoms with Gasteiger partial charge in [0.2, 0.25) is 0 Å². The molecule has 0 amide bonds. The summed E-state index contributed by atoms with van der Waals surface area (Å²) in [4.78, 5) is 11.0. The zero-order chi connectivity index (χ0) is 10.6. The number of hydrogen-bond acceptors (Lipinski definition) is 4. The highest BCUT2D eigenvalue weighted by molar-refractivity contribution is 5.69. The van der Waals surface area contributed by atoms with Crippen molar-refractivity contribution in [3.05, 3.63) is 0 Å². The van der Waals surface area contributed by atoms with Crippen molar-refractivity contribution in [2.45, 2.75) is 25.9 Å². The van der Waals surface area contributed by atoms with Gasteiger partial charge in [-0.15, -0.1) is 0 Å². The van der Waals surface area contributed by atoms with Crippen LogP contribution >= 0.6 is 0 Å². The molecule has 4 heteroatoms. The minimum Gasteiger partial charge on any atom is -0.469 e. The summed E-state index contributed by atoms with van der Waals surface area (Å²) in [6, 6.07) is 0. The van der Waals surface area contributed by atoms with Crippen molar-refractivity contribution in [1.29, 1.82) is 0 Å². The van der Waals surface area contributed by atoms with Gasteiger partial charge in [-0.3, -0.25) is 4.79 Å². The maximum Gasteiger partial charge on any atom is 0.305 e. The molecule has 4 nitrogen and oxygen atoms in total. The minimum atomic E-state index is -0.303. The summed E-state index contributed by atoms with van der Waals surface area (Å²) >= 11 is 0. The Morgan fingerprint density at radius 3 is 2.93 bits per heavy atom. The second kappa shape index (κ2) is 5.32. The van der Waals surface area contributed by atoms with Gasteiger partial charge in [0.05, 0.1) is 13.2 Å². The van der Waals surface area contributed by atoms with Crippen molar-refractivity contribution < 1.29 is 14.6 Å². The number of aliphatic hydroxyl groups is 1. The van der Waals surface area contributed by atoms with Gasteiger partial charge in [-0.05, 0) is 31.7 Å². The Bertz CT molecular complexity index is 194. The molecule has 0 saturated carbocycles. The van der Waals surface area contributed by atoms with E-state index in [0.717, 1.165) is 19.5 Å². The van der Waals surface area contributed by atoms with E-state index in [1.807, 2.05) is 0 Å². The van der Waals surface area contributed by atoms with Gasteiger partial charge in [-0.1, -0.05) is 0 Å². The summed E-state index contributed by atoms with van der Waals surface area (Å²) in [6.45, 7) is 3.49. The van der Waals surface area contributed by atoms with Crippen LogP contribution < -0.4 is 5.32 Å². The number of ether oxygens (including phenoxy) is 1. The minimum absolute atomic E-state index is 0.164. The summed E-state index contributed by atoms with van der Waals surface area (Å²) in [5.74, 6) is 0.400. The van der Waals surface area contributed by atoms with Crippen LogP contribution in [0, 0.1) is 11.8 Å². The van der Waals surface area contributed by atoms with E-state index >= 15 is 0 Å². The van der Waals surface area contributed by atoms with E-state index in [-0.39, 0.29) is 18.0 Å². The predicted octanol–water partition coefficient (Wildman–Crippen LogP) is 0.156. The zero-order valence-electron chi connectivity index (χ0n) is 8.82. The molecule has 1 saturated heterocycles. The number of carbonyl (C=O) groups excluding carboxylic acids is 1. The molecule has 1 rings (SSSR count). The van der Waals surface area contributed by atoms with Crippen molar-refractivity contribution in [3.8, 4) is 0 Å². The molecule has 0 radical (unpaired) electrons. The number of piperidine rings is 1.